The minimum absolute atomic E-state index is 0.207. The van der Waals surface area contributed by atoms with Gasteiger partial charge in [0.15, 0.2) is 5.69 Å². The van der Waals surface area contributed by atoms with Crippen molar-refractivity contribution in [3.63, 3.8) is 0 Å². The van der Waals surface area contributed by atoms with Crippen LogP contribution in [-0.2, 0) is 11.3 Å². The summed E-state index contributed by atoms with van der Waals surface area (Å²) in [6.07, 6.45) is -1.94. The Labute approximate surface area is 204 Å². The Balaban J connectivity index is 1.26. The monoisotopic (exact) mass is 500 g/mol. The summed E-state index contributed by atoms with van der Waals surface area (Å²) in [7, 11) is 0. The van der Waals surface area contributed by atoms with Crippen LogP contribution in [-0.4, -0.2) is 51.0 Å². The Bertz CT molecular complexity index is 1310. The Kier molecular flexibility index (Phi) is 6.59. The van der Waals surface area contributed by atoms with E-state index in [1.54, 1.807) is 6.20 Å². The summed E-state index contributed by atoms with van der Waals surface area (Å²) in [6.45, 7) is 4.85. The number of halogens is 3. The minimum atomic E-state index is -4.75. The van der Waals surface area contributed by atoms with Crippen molar-refractivity contribution in [3.05, 3.63) is 59.9 Å². The molecule has 0 bridgehead atoms. The average molecular weight is 500 g/mol. The molecule has 1 fully saturated rings. The molecule has 1 saturated heterocycles. The Hall–Kier alpha value is -3.93. The smallest absolute Gasteiger partial charge is 0.406 e. The third-order valence-electron chi connectivity index (χ3n) is 5.72. The molecule has 5 rings (SSSR count). The fraction of sp³-hybridized carbons (Fsp3) is 0.333. The summed E-state index contributed by atoms with van der Waals surface area (Å²) >= 11 is 0. The van der Waals surface area contributed by atoms with Gasteiger partial charge in [-0.15, -0.1) is 13.2 Å². The molecule has 0 aliphatic carbocycles. The van der Waals surface area contributed by atoms with E-state index in [4.69, 9.17) is 9.26 Å². The highest BCUT2D eigenvalue weighted by molar-refractivity contribution is 5.59. The van der Waals surface area contributed by atoms with Crippen molar-refractivity contribution >= 4 is 5.82 Å². The van der Waals surface area contributed by atoms with Crippen LogP contribution < -0.4 is 10.1 Å². The van der Waals surface area contributed by atoms with Crippen LogP contribution in [0.2, 0.25) is 0 Å². The first-order chi connectivity index (χ1) is 17.3. The first-order valence-corrected chi connectivity index (χ1v) is 11.3. The number of pyridine rings is 1. The molecule has 12 heteroatoms. The summed E-state index contributed by atoms with van der Waals surface area (Å²) in [4.78, 5) is 8.74. The summed E-state index contributed by atoms with van der Waals surface area (Å²) < 4.78 is 53.6. The van der Waals surface area contributed by atoms with Gasteiger partial charge in [0, 0.05) is 36.5 Å². The highest BCUT2D eigenvalue weighted by Crippen LogP contribution is 2.27. The number of nitrogens with one attached hydrogen (secondary N) is 1. The molecule has 0 amide bonds. The standard InChI is InChI=1S/C24H23F3N6O3/c1-15-10-20(23-30-22(32-36-23)18-2-4-19(5-3-18)35-24(25,26)27)31-33(15)13-16-6-8-28-21(11-16)29-12-17-7-9-34-14-17/h2-6,8,10-11,17H,7,9,12-14H2,1H3,(H,28,29). The van der Waals surface area contributed by atoms with Crippen molar-refractivity contribution < 1.29 is 27.2 Å². The van der Waals surface area contributed by atoms with E-state index in [0.717, 1.165) is 43.3 Å². The Morgan fingerprint density at radius 2 is 2.00 bits per heavy atom. The number of hydrogen-bond acceptors (Lipinski definition) is 8. The summed E-state index contributed by atoms with van der Waals surface area (Å²) in [5.41, 5.74) is 2.90. The van der Waals surface area contributed by atoms with Crippen LogP contribution in [0.5, 0.6) is 5.75 Å². The van der Waals surface area contributed by atoms with Gasteiger partial charge in [-0.2, -0.15) is 10.1 Å². The van der Waals surface area contributed by atoms with E-state index in [9.17, 15) is 13.2 Å². The number of benzene rings is 1. The SMILES string of the molecule is Cc1cc(-c2nc(-c3ccc(OC(F)(F)F)cc3)no2)nn1Cc1ccnc(NCC2CCOC2)c1. The Morgan fingerprint density at radius 1 is 1.17 bits per heavy atom. The van der Waals surface area contributed by atoms with E-state index >= 15 is 0 Å². The molecule has 0 spiro atoms. The van der Waals surface area contributed by atoms with Gasteiger partial charge in [-0.1, -0.05) is 5.16 Å². The summed E-state index contributed by atoms with van der Waals surface area (Å²) in [5.74, 6) is 1.41. The second-order valence-electron chi connectivity index (χ2n) is 8.48. The van der Waals surface area contributed by atoms with Crippen LogP contribution in [0.25, 0.3) is 23.0 Å². The van der Waals surface area contributed by atoms with Crippen LogP contribution in [0.4, 0.5) is 19.0 Å². The van der Waals surface area contributed by atoms with E-state index in [-0.39, 0.29) is 17.5 Å². The van der Waals surface area contributed by atoms with Gasteiger partial charge < -0.3 is 19.3 Å². The lowest BCUT2D eigenvalue weighted by Gasteiger charge is -2.11. The van der Waals surface area contributed by atoms with Gasteiger partial charge >= 0.3 is 6.36 Å². The lowest BCUT2D eigenvalue weighted by atomic mass is 10.1. The molecule has 36 heavy (non-hydrogen) atoms. The average Bonchev–Trinajstić information content (AvgIpc) is 3.60. The number of hydrogen-bond donors (Lipinski definition) is 1. The lowest BCUT2D eigenvalue weighted by molar-refractivity contribution is -0.274. The molecule has 1 atom stereocenters. The lowest BCUT2D eigenvalue weighted by Crippen LogP contribution is -2.16. The van der Waals surface area contributed by atoms with E-state index in [0.29, 0.717) is 23.7 Å². The van der Waals surface area contributed by atoms with Crippen molar-refractivity contribution in [2.45, 2.75) is 26.3 Å². The minimum Gasteiger partial charge on any atom is -0.406 e. The zero-order valence-corrected chi connectivity index (χ0v) is 19.3. The predicted molar refractivity (Wildman–Crippen MR) is 123 cm³/mol. The summed E-state index contributed by atoms with van der Waals surface area (Å²) in [6, 6.07) is 11.0. The first-order valence-electron chi connectivity index (χ1n) is 11.3. The second-order valence-corrected chi connectivity index (χ2v) is 8.48. The van der Waals surface area contributed by atoms with Crippen LogP contribution in [0.3, 0.4) is 0 Å². The maximum atomic E-state index is 12.4. The topological polar surface area (TPSA) is 100 Å². The van der Waals surface area contributed by atoms with Gasteiger partial charge in [0.25, 0.3) is 5.89 Å². The maximum Gasteiger partial charge on any atom is 0.573 e. The van der Waals surface area contributed by atoms with Crippen molar-refractivity contribution in [3.8, 4) is 28.7 Å². The molecule has 4 heterocycles. The molecule has 1 aliphatic rings. The van der Waals surface area contributed by atoms with Crippen molar-refractivity contribution in [1.82, 2.24) is 24.9 Å². The van der Waals surface area contributed by atoms with Gasteiger partial charge in [0.1, 0.15) is 11.6 Å². The first kappa shape index (κ1) is 23.8. The molecular weight excluding hydrogens is 477 g/mol. The molecule has 188 valence electrons. The quantitative estimate of drug-likeness (QED) is 0.372. The number of anilines is 1. The molecule has 9 nitrogen and oxygen atoms in total. The highest BCUT2D eigenvalue weighted by Gasteiger charge is 2.31. The van der Waals surface area contributed by atoms with E-state index < -0.39 is 6.36 Å². The molecule has 0 radical (unpaired) electrons. The predicted octanol–water partition coefficient (Wildman–Crippen LogP) is 4.70. The number of aryl methyl sites for hydroxylation is 1. The highest BCUT2D eigenvalue weighted by atomic mass is 19.4. The van der Waals surface area contributed by atoms with Gasteiger partial charge in [-0.3, -0.25) is 4.68 Å². The number of aromatic nitrogens is 5. The van der Waals surface area contributed by atoms with Crippen LogP contribution in [0.1, 0.15) is 17.7 Å². The second kappa shape index (κ2) is 9.97. The molecule has 1 aromatic carbocycles. The third kappa shape index (κ3) is 5.82. The third-order valence-corrected chi connectivity index (χ3v) is 5.72. The Morgan fingerprint density at radius 3 is 2.75 bits per heavy atom. The van der Waals surface area contributed by atoms with E-state index in [2.05, 4.69) is 30.3 Å². The molecule has 3 aromatic heterocycles. The van der Waals surface area contributed by atoms with Crippen LogP contribution in [0, 0.1) is 12.8 Å². The normalized spacial score (nSPS) is 15.8. The zero-order valence-electron chi connectivity index (χ0n) is 19.3. The van der Waals surface area contributed by atoms with Crippen molar-refractivity contribution in [1.29, 1.82) is 0 Å². The van der Waals surface area contributed by atoms with Gasteiger partial charge in [-0.25, -0.2) is 4.98 Å². The fourth-order valence-electron chi connectivity index (χ4n) is 3.86. The van der Waals surface area contributed by atoms with Crippen LogP contribution >= 0.6 is 0 Å². The van der Waals surface area contributed by atoms with Crippen molar-refractivity contribution in [2.24, 2.45) is 5.92 Å². The number of rotatable bonds is 8. The van der Waals surface area contributed by atoms with Gasteiger partial charge in [0.05, 0.1) is 13.2 Å². The van der Waals surface area contributed by atoms with Gasteiger partial charge in [0.2, 0.25) is 5.82 Å². The molecule has 0 saturated carbocycles. The molecule has 4 aromatic rings. The maximum absolute atomic E-state index is 12.4. The fourth-order valence-corrected chi connectivity index (χ4v) is 3.86. The largest absolute Gasteiger partial charge is 0.573 e. The molecule has 1 aliphatic heterocycles. The molecule has 1 N–H and O–H groups in total. The summed E-state index contributed by atoms with van der Waals surface area (Å²) in [5, 5.41) is 11.9. The van der Waals surface area contributed by atoms with Crippen molar-refractivity contribution in [2.75, 3.05) is 25.1 Å². The number of ether oxygens (including phenoxy) is 2. The number of alkyl halides is 3. The van der Waals surface area contributed by atoms with Gasteiger partial charge in [-0.05, 0) is 61.4 Å². The van der Waals surface area contributed by atoms with Crippen LogP contribution in [0.15, 0.2) is 53.2 Å². The number of nitrogens with zero attached hydrogens (tertiary/aromatic N) is 5. The zero-order chi connectivity index (χ0) is 25.1. The molecular formula is C24H23F3N6O3. The molecule has 1 unspecified atom stereocenters. The van der Waals surface area contributed by atoms with E-state index in [1.807, 2.05) is 29.8 Å². The van der Waals surface area contributed by atoms with E-state index in [1.165, 1.54) is 24.3 Å².